The van der Waals surface area contributed by atoms with E-state index in [1.165, 1.54) is 6.07 Å². The third kappa shape index (κ3) is 5.04. The van der Waals surface area contributed by atoms with Crippen molar-refractivity contribution in [3.8, 4) is 0 Å². The highest BCUT2D eigenvalue weighted by atomic mass is 19.1. The number of hydrogen-bond donors (Lipinski definition) is 1. The minimum atomic E-state index is -0.235. The van der Waals surface area contributed by atoms with Crippen LogP contribution in [0.4, 0.5) is 4.39 Å². The molecule has 0 fully saturated rings. The first kappa shape index (κ1) is 15.3. The second-order valence-corrected chi connectivity index (χ2v) is 4.94. The second-order valence-electron chi connectivity index (χ2n) is 4.94. The van der Waals surface area contributed by atoms with E-state index in [2.05, 4.69) is 5.32 Å². The highest BCUT2D eigenvalue weighted by Gasteiger charge is 2.08. The fourth-order valence-electron chi connectivity index (χ4n) is 2.06. The number of carbonyl (C=O) groups is 1. The molecule has 0 aliphatic rings. The number of rotatable bonds is 7. The van der Waals surface area contributed by atoms with Crippen molar-refractivity contribution in [2.24, 2.45) is 0 Å². The molecule has 2 rings (SSSR count). The summed E-state index contributed by atoms with van der Waals surface area (Å²) in [6.07, 6.45) is 2.10. The normalized spacial score (nSPS) is 10.8. The third-order valence-electron chi connectivity index (χ3n) is 3.09. The zero-order valence-corrected chi connectivity index (χ0v) is 12.0. The van der Waals surface area contributed by atoms with Gasteiger partial charge in [0.05, 0.1) is 19.4 Å². The molecule has 1 aromatic carbocycles. The summed E-state index contributed by atoms with van der Waals surface area (Å²) in [5.74, 6) is 0.499. The van der Waals surface area contributed by atoms with Crippen molar-refractivity contribution in [2.45, 2.75) is 13.0 Å². The van der Waals surface area contributed by atoms with Crippen LogP contribution in [-0.2, 0) is 17.8 Å². The molecular formula is C16H19FN2O2. The van der Waals surface area contributed by atoms with E-state index in [1.54, 1.807) is 24.5 Å². The Labute approximate surface area is 123 Å². The Morgan fingerprint density at radius 2 is 2.10 bits per heavy atom. The average molecular weight is 290 g/mol. The second kappa shape index (κ2) is 7.59. The van der Waals surface area contributed by atoms with E-state index in [4.69, 9.17) is 4.42 Å². The van der Waals surface area contributed by atoms with Crippen molar-refractivity contribution < 1.29 is 13.6 Å². The summed E-state index contributed by atoms with van der Waals surface area (Å²) >= 11 is 0. The van der Waals surface area contributed by atoms with Gasteiger partial charge in [0.1, 0.15) is 11.6 Å². The third-order valence-corrected chi connectivity index (χ3v) is 3.09. The number of nitrogens with zero attached hydrogens (tertiary/aromatic N) is 1. The molecule has 0 unspecified atom stereocenters. The quantitative estimate of drug-likeness (QED) is 0.850. The summed E-state index contributed by atoms with van der Waals surface area (Å²) < 4.78 is 18.6. The van der Waals surface area contributed by atoms with Crippen LogP contribution in [0.3, 0.4) is 0 Å². The molecule has 0 bridgehead atoms. The monoisotopic (exact) mass is 290 g/mol. The number of furan rings is 1. The fourth-order valence-corrected chi connectivity index (χ4v) is 2.06. The number of halogens is 1. The zero-order valence-electron chi connectivity index (χ0n) is 12.0. The summed E-state index contributed by atoms with van der Waals surface area (Å²) in [7, 11) is 1.85. The Bertz CT molecular complexity index is 569. The van der Waals surface area contributed by atoms with Crippen LogP contribution in [0.1, 0.15) is 11.3 Å². The molecular weight excluding hydrogens is 271 g/mol. The predicted octanol–water partition coefficient (Wildman–Crippen LogP) is 2.21. The zero-order chi connectivity index (χ0) is 15.1. The van der Waals surface area contributed by atoms with Crippen molar-refractivity contribution in [3.63, 3.8) is 0 Å². The van der Waals surface area contributed by atoms with Crippen LogP contribution in [0.15, 0.2) is 47.1 Å². The minimum absolute atomic E-state index is 0.0830. The van der Waals surface area contributed by atoms with Crippen LogP contribution in [0.5, 0.6) is 0 Å². The molecule has 0 saturated heterocycles. The summed E-state index contributed by atoms with van der Waals surface area (Å²) in [6, 6.07) is 10.3. The van der Waals surface area contributed by atoms with Crippen LogP contribution in [-0.4, -0.2) is 30.9 Å². The van der Waals surface area contributed by atoms with E-state index in [1.807, 2.05) is 24.1 Å². The Morgan fingerprint density at radius 3 is 2.81 bits per heavy atom. The molecule has 0 atom stereocenters. The molecule has 112 valence electrons. The van der Waals surface area contributed by atoms with Gasteiger partial charge in [0.15, 0.2) is 0 Å². The maximum Gasteiger partial charge on any atom is 0.234 e. The number of carbonyl (C=O) groups excluding carboxylic acids is 1. The SMILES string of the molecule is CN(CC(=O)NCCc1ccccc1F)Cc1ccco1. The van der Waals surface area contributed by atoms with E-state index >= 15 is 0 Å². The van der Waals surface area contributed by atoms with Gasteiger partial charge in [-0.05, 0) is 37.2 Å². The van der Waals surface area contributed by atoms with Gasteiger partial charge in [-0.2, -0.15) is 0 Å². The average Bonchev–Trinajstić information content (AvgIpc) is 2.93. The van der Waals surface area contributed by atoms with Crippen LogP contribution in [0.2, 0.25) is 0 Å². The van der Waals surface area contributed by atoms with Gasteiger partial charge in [0, 0.05) is 6.54 Å². The Kier molecular flexibility index (Phi) is 5.51. The molecule has 0 spiro atoms. The summed E-state index contributed by atoms with van der Waals surface area (Å²) in [4.78, 5) is 13.6. The molecule has 4 nitrogen and oxygen atoms in total. The maximum absolute atomic E-state index is 13.4. The van der Waals surface area contributed by atoms with Crippen molar-refractivity contribution in [1.82, 2.24) is 10.2 Å². The largest absolute Gasteiger partial charge is 0.468 e. The predicted molar refractivity (Wildman–Crippen MR) is 78.2 cm³/mol. The number of nitrogens with one attached hydrogen (secondary N) is 1. The number of hydrogen-bond acceptors (Lipinski definition) is 3. The molecule has 0 aliphatic carbocycles. The molecule has 5 heteroatoms. The number of benzene rings is 1. The van der Waals surface area contributed by atoms with Gasteiger partial charge in [0.2, 0.25) is 5.91 Å². The van der Waals surface area contributed by atoms with E-state index < -0.39 is 0 Å². The lowest BCUT2D eigenvalue weighted by Crippen LogP contribution is -2.35. The first-order chi connectivity index (χ1) is 10.1. The maximum atomic E-state index is 13.4. The molecule has 1 heterocycles. The molecule has 1 amide bonds. The van der Waals surface area contributed by atoms with Gasteiger partial charge >= 0.3 is 0 Å². The van der Waals surface area contributed by atoms with Gasteiger partial charge < -0.3 is 9.73 Å². The van der Waals surface area contributed by atoms with Crippen molar-refractivity contribution in [2.75, 3.05) is 20.1 Å². The van der Waals surface area contributed by atoms with Gasteiger partial charge in [-0.25, -0.2) is 4.39 Å². The molecule has 1 N–H and O–H groups in total. The standard InChI is InChI=1S/C16H19FN2O2/c1-19(11-14-6-4-10-21-14)12-16(20)18-9-8-13-5-2-3-7-15(13)17/h2-7,10H,8-9,11-12H2,1H3,(H,18,20). The van der Waals surface area contributed by atoms with E-state index in [0.29, 0.717) is 25.1 Å². The first-order valence-electron chi connectivity index (χ1n) is 6.86. The number of likely N-dealkylation sites (N-methyl/N-ethyl adjacent to an activating group) is 1. The molecule has 0 aliphatic heterocycles. The van der Waals surface area contributed by atoms with Crippen molar-refractivity contribution >= 4 is 5.91 Å². The highest BCUT2D eigenvalue weighted by Crippen LogP contribution is 2.06. The lowest BCUT2D eigenvalue weighted by Gasteiger charge is -2.14. The smallest absolute Gasteiger partial charge is 0.234 e. The molecule has 21 heavy (non-hydrogen) atoms. The molecule has 1 aromatic heterocycles. The molecule has 2 aromatic rings. The molecule has 0 radical (unpaired) electrons. The lowest BCUT2D eigenvalue weighted by atomic mass is 10.1. The summed E-state index contributed by atoms with van der Waals surface area (Å²) in [5, 5.41) is 2.79. The fraction of sp³-hybridized carbons (Fsp3) is 0.312. The topological polar surface area (TPSA) is 45.5 Å². The first-order valence-corrected chi connectivity index (χ1v) is 6.86. The van der Waals surface area contributed by atoms with Gasteiger partial charge in [-0.15, -0.1) is 0 Å². The van der Waals surface area contributed by atoms with Crippen LogP contribution < -0.4 is 5.32 Å². The Morgan fingerprint density at radius 1 is 1.29 bits per heavy atom. The van der Waals surface area contributed by atoms with Crippen LogP contribution in [0, 0.1) is 5.82 Å². The minimum Gasteiger partial charge on any atom is -0.468 e. The number of amides is 1. The Balaban J connectivity index is 1.69. The van der Waals surface area contributed by atoms with Gasteiger partial charge in [0.25, 0.3) is 0 Å². The highest BCUT2D eigenvalue weighted by molar-refractivity contribution is 5.77. The summed E-state index contributed by atoms with van der Waals surface area (Å²) in [5.41, 5.74) is 0.613. The van der Waals surface area contributed by atoms with Gasteiger partial charge in [-0.1, -0.05) is 18.2 Å². The van der Waals surface area contributed by atoms with E-state index in [-0.39, 0.29) is 18.3 Å². The van der Waals surface area contributed by atoms with E-state index in [9.17, 15) is 9.18 Å². The van der Waals surface area contributed by atoms with Crippen molar-refractivity contribution in [1.29, 1.82) is 0 Å². The van der Waals surface area contributed by atoms with Crippen LogP contribution >= 0.6 is 0 Å². The van der Waals surface area contributed by atoms with Gasteiger partial charge in [-0.3, -0.25) is 9.69 Å². The van der Waals surface area contributed by atoms with Crippen LogP contribution in [0.25, 0.3) is 0 Å². The van der Waals surface area contributed by atoms with Crippen molar-refractivity contribution in [3.05, 3.63) is 59.8 Å². The summed E-state index contributed by atoms with van der Waals surface area (Å²) in [6.45, 7) is 1.28. The van der Waals surface area contributed by atoms with E-state index in [0.717, 1.165) is 5.76 Å². The molecule has 0 saturated carbocycles. The Hall–Kier alpha value is -2.14. The lowest BCUT2D eigenvalue weighted by molar-refractivity contribution is -0.122.